The lowest BCUT2D eigenvalue weighted by Gasteiger charge is -2.30. The van der Waals surface area contributed by atoms with Crippen LogP contribution >= 0.6 is 24.0 Å². The highest BCUT2D eigenvalue weighted by molar-refractivity contribution is 14.0. The number of guanidine groups is 1. The van der Waals surface area contributed by atoms with Crippen molar-refractivity contribution in [2.24, 2.45) is 4.99 Å². The fourth-order valence-electron chi connectivity index (χ4n) is 3.29. The van der Waals surface area contributed by atoms with Crippen LogP contribution in [0.4, 0.5) is 0 Å². The van der Waals surface area contributed by atoms with E-state index in [0.717, 1.165) is 76.5 Å². The fraction of sp³-hybridized carbons (Fsp3) is 0.944. The third-order valence-corrected chi connectivity index (χ3v) is 6.51. The highest BCUT2D eigenvalue weighted by atomic mass is 127. The molecule has 25 heavy (non-hydrogen) atoms. The fourth-order valence-corrected chi connectivity index (χ4v) is 4.64. The van der Waals surface area contributed by atoms with Crippen LogP contribution in [0.15, 0.2) is 4.99 Å². The van der Waals surface area contributed by atoms with Crippen molar-refractivity contribution in [3.63, 3.8) is 0 Å². The van der Waals surface area contributed by atoms with Gasteiger partial charge in [-0.1, -0.05) is 27.2 Å². The molecule has 1 rings (SSSR count). The molecule has 1 aliphatic rings. The van der Waals surface area contributed by atoms with Crippen molar-refractivity contribution in [3.05, 3.63) is 0 Å². The van der Waals surface area contributed by atoms with Crippen LogP contribution in [0.2, 0.25) is 0 Å². The molecule has 3 atom stereocenters. The third kappa shape index (κ3) is 10.1. The van der Waals surface area contributed by atoms with Crippen LogP contribution in [0.25, 0.3) is 0 Å². The topological polar surface area (TPSA) is 56.7 Å². The molecule has 2 N–H and O–H groups in total. The van der Waals surface area contributed by atoms with E-state index in [1.807, 2.05) is 6.92 Å². The summed E-state index contributed by atoms with van der Waals surface area (Å²) in [6, 6.07) is 0.403. The molecule has 0 bridgehead atoms. The molecule has 1 fully saturated rings. The Bertz CT molecular complexity index is 391. The Kier molecular flexibility index (Phi) is 15.3. The maximum atomic E-state index is 12.1. The van der Waals surface area contributed by atoms with Gasteiger partial charge in [0.15, 0.2) is 5.96 Å². The zero-order chi connectivity index (χ0) is 17.8. The summed E-state index contributed by atoms with van der Waals surface area (Å²) in [6.45, 7) is 13.6. The first-order valence-corrected chi connectivity index (χ1v) is 11.2. The van der Waals surface area contributed by atoms with E-state index in [9.17, 15) is 4.21 Å². The third-order valence-electron chi connectivity index (χ3n) is 4.76. The molecule has 0 amide bonds. The summed E-state index contributed by atoms with van der Waals surface area (Å²) in [5, 5.41) is 7.28. The molecule has 0 radical (unpaired) electrons. The van der Waals surface area contributed by atoms with Crippen LogP contribution in [0.3, 0.4) is 0 Å². The van der Waals surface area contributed by atoms with Crippen LogP contribution in [-0.4, -0.2) is 64.8 Å². The SMILES string of the molecule is CCNC(=NCCCN(CC)CC)NC1CCCC(S(=O)CC)C1.I. The van der Waals surface area contributed by atoms with Gasteiger partial charge >= 0.3 is 0 Å². The van der Waals surface area contributed by atoms with Crippen molar-refractivity contribution in [2.45, 2.75) is 71.1 Å². The second-order valence-corrected chi connectivity index (χ2v) is 8.45. The standard InChI is InChI=1S/C18H38N4OS.HI/c1-5-19-18(20-13-10-14-22(6-2)7-3)21-16-11-9-12-17(15-16)24(23)8-4;/h16-17H,5-15H2,1-4H3,(H2,19,20,21);1H. The van der Waals surface area contributed by atoms with E-state index >= 15 is 0 Å². The van der Waals surface area contributed by atoms with Crippen molar-refractivity contribution >= 4 is 40.7 Å². The molecule has 0 heterocycles. The van der Waals surface area contributed by atoms with Gasteiger partial charge in [0.1, 0.15) is 0 Å². The molecule has 1 aliphatic carbocycles. The highest BCUT2D eigenvalue weighted by Gasteiger charge is 2.25. The number of rotatable bonds is 10. The maximum Gasteiger partial charge on any atom is 0.191 e. The summed E-state index contributed by atoms with van der Waals surface area (Å²) in [5.41, 5.74) is 0. The number of nitrogens with one attached hydrogen (secondary N) is 2. The van der Waals surface area contributed by atoms with Crippen LogP contribution in [0.5, 0.6) is 0 Å². The Labute approximate surface area is 174 Å². The van der Waals surface area contributed by atoms with Gasteiger partial charge in [-0.25, -0.2) is 0 Å². The Morgan fingerprint density at radius 1 is 1.20 bits per heavy atom. The minimum absolute atomic E-state index is 0. The zero-order valence-corrected chi connectivity index (χ0v) is 19.7. The Morgan fingerprint density at radius 3 is 2.52 bits per heavy atom. The largest absolute Gasteiger partial charge is 0.357 e. The summed E-state index contributed by atoms with van der Waals surface area (Å²) >= 11 is 0. The van der Waals surface area contributed by atoms with E-state index in [2.05, 4.69) is 36.3 Å². The first-order valence-electron chi connectivity index (χ1n) is 9.78. The van der Waals surface area contributed by atoms with Gasteiger partial charge in [-0.2, -0.15) is 0 Å². The van der Waals surface area contributed by atoms with Gasteiger partial charge in [-0.3, -0.25) is 9.20 Å². The second-order valence-electron chi connectivity index (χ2n) is 6.44. The molecule has 0 aliphatic heterocycles. The first-order chi connectivity index (χ1) is 11.6. The Balaban J connectivity index is 0.00000576. The molecule has 0 aromatic heterocycles. The summed E-state index contributed by atoms with van der Waals surface area (Å²) in [5.74, 6) is 1.70. The van der Waals surface area contributed by atoms with Crippen molar-refractivity contribution < 1.29 is 4.21 Å². The lowest BCUT2D eigenvalue weighted by molar-refractivity contribution is 0.302. The van der Waals surface area contributed by atoms with Gasteiger partial charge in [-0.15, -0.1) is 24.0 Å². The van der Waals surface area contributed by atoms with E-state index in [-0.39, 0.29) is 24.0 Å². The lowest BCUT2D eigenvalue weighted by Crippen LogP contribution is -2.46. The van der Waals surface area contributed by atoms with E-state index in [0.29, 0.717) is 11.3 Å². The van der Waals surface area contributed by atoms with Crippen LogP contribution in [0, 0.1) is 0 Å². The molecule has 1 saturated carbocycles. The van der Waals surface area contributed by atoms with Crippen LogP contribution in [-0.2, 0) is 10.8 Å². The van der Waals surface area contributed by atoms with Gasteiger partial charge in [0.25, 0.3) is 0 Å². The summed E-state index contributed by atoms with van der Waals surface area (Å²) in [7, 11) is -0.673. The van der Waals surface area contributed by atoms with Crippen molar-refractivity contribution in [3.8, 4) is 0 Å². The quantitative estimate of drug-likeness (QED) is 0.216. The minimum Gasteiger partial charge on any atom is -0.357 e. The molecule has 0 spiro atoms. The van der Waals surface area contributed by atoms with Gasteiger partial charge in [-0.05, 0) is 52.2 Å². The van der Waals surface area contributed by atoms with Crippen molar-refractivity contribution in [1.82, 2.24) is 15.5 Å². The molecule has 150 valence electrons. The molecule has 0 saturated heterocycles. The molecular weight excluding hydrogens is 447 g/mol. The predicted molar refractivity (Wildman–Crippen MR) is 122 cm³/mol. The minimum atomic E-state index is -0.673. The summed E-state index contributed by atoms with van der Waals surface area (Å²) in [4.78, 5) is 7.16. The Hall–Kier alpha value is 0.110. The van der Waals surface area contributed by atoms with E-state index < -0.39 is 10.8 Å². The first kappa shape index (κ1) is 25.1. The average Bonchev–Trinajstić information content (AvgIpc) is 2.61. The molecule has 0 aromatic rings. The van der Waals surface area contributed by atoms with E-state index in [1.54, 1.807) is 0 Å². The lowest BCUT2D eigenvalue weighted by atomic mass is 9.95. The van der Waals surface area contributed by atoms with Gasteiger partial charge in [0.05, 0.1) is 0 Å². The van der Waals surface area contributed by atoms with Gasteiger partial charge < -0.3 is 15.5 Å². The van der Waals surface area contributed by atoms with Crippen molar-refractivity contribution in [2.75, 3.05) is 38.5 Å². The number of hydrogen-bond acceptors (Lipinski definition) is 3. The number of aliphatic imine (C=N–C) groups is 1. The van der Waals surface area contributed by atoms with E-state index in [1.165, 1.54) is 0 Å². The molecule has 5 nitrogen and oxygen atoms in total. The summed E-state index contributed by atoms with van der Waals surface area (Å²) in [6.07, 6.45) is 5.52. The normalized spacial score (nSPS) is 22.4. The monoisotopic (exact) mass is 486 g/mol. The Morgan fingerprint density at radius 2 is 1.92 bits per heavy atom. The predicted octanol–water partition coefficient (Wildman–Crippen LogP) is 2.97. The highest BCUT2D eigenvalue weighted by Crippen LogP contribution is 2.22. The molecule has 7 heteroatoms. The van der Waals surface area contributed by atoms with Gasteiger partial charge in [0.2, 0.25) is 0 Å². The number of hydrogen-bond donors (Lipinski definition) is 2. The summed E-state index contributed by atoms with van der Waals surface area (Å²) < 4.78 is 12.1. The number of halogens is 1. The molecular formula is C18H39IN4OS. The zero-order valence-electron chi connectivity index (χ0n) is 16.6. The van der Waals surface area contributed by atoms with Gasteiger partial charge in [0, 0.05) is 40.9 Å². The van der Waals surface area contributed by atoms with Crippen LogP contribution < -0.4 is 10.6 Å². The molecule has 0 aromatic carbocycles. The smallest absolute Gasteiger partial charge is 0.191 e. The average molecular weight is 487 g/mol. The second kappa shape index (κ2) is 15.2. The molecule has 3 unspecified atom stereocenters. The van der Waals surface area contributed by atoms with Crippen molar-refractivity contribution in [1.29, 1.82) is 0 Å². The maximum absolute atomic E-state index is 12.1. The number of nitrogens with zero attached hydrogens (tertiary/aromatic N) is 2. The van der Waals surface area contributed by atoms with Crippen LogP contribution in [0.1, 0.15) is 59.8 Å². The van der Waals surface area contributed by atoms with E-state index in [4.69, 9.17) is 4.99 Å².